The molecule has 1 saturated carbocycles. The Balaban J connectivity index is 1.39. The summed E-state index contributed by atoms with van der Waals surface area (Å²) in [5, 5.41) is 0.512. The standard InChI is InChI=1S/C32H25F4N7O3/c1-16(22-6-5-19(33)12-38-22)42-9-8-21-27(28(29(37)44)23(41-30(21)42)10-17-2-3-17)18-4-7-24-25(11-18)46-32(35,36)31(45)43(24)15-26-39-13-20(34)14-40-26/h4-9,11-14,16-17H,2-3,10,15H2,1H3,(H2,37,44). The third-order valence-electron chi connectivity index (χ3n) is 8.20. The SMILES string of the molecule is CC(c1ccc(F)cn1)n1ccc2c(-c3ccc4c(c3)OC(F)(F)C(=O)N4Cc3ncc(F)cn3)c(C(N)=O)c(CC3CC3)nc21. The first-order valence-electron chi connectivity index (χ1n) is 14.4. The van der Waals surface area contributed by atoms with Gasteiger partial charge in [0.25, 0.3) is 5.91 Å². The molecule has 10 nitrogen and oxygen atoms in total. The van der Waals surface area contributed by atoms with E-state index in [0.29, 0.717) is 45.9 Å². The van der Waals surface area contributed by atoms with Gasteiger partial charge in [-0.15, -0.1) is 0 Å². The van der Waals surface area contributed by atoms with Gasteiger partial charge in [-0.25, -0.2) is 23.7 Å². The summed E-state index contributed by atoms with van der Waals surface area (Å²) in [5.41, 5.74) is 8.33. The molecule has 5 heterocycles. The minimum atomic E-state index is -4.23. The Kier molecular flexibility index (Phi) is 6.94. The van der Waals surface area contributed by atoms with Crippen LogP contribution in [-0.2, 0) is 17.8 Å². The van der Waals surface area contributed by atoms with E-state index in [-0.39, 0.29) is 28.9 Å². The number of halogens is 4. The van der Waals surface area contributed by atoms with Crippen LogP contribution < -0.4 is 15.4 Å². The number of nitrogens with zero attached hydrogens (tertiary/aromatic N) is 6. The highest BCUT2D eigenvalue weighted by atomic mass is 19.3. The Hall–Kier alpha value is -5.40. The summed E-state index contributed by atoms with van der Waals surface area (Å²) in [4.78, 5) is 43.2. The Morgan fingerprint density at radius 3 is 2.48 bits per heavy atom. The quantitative estimate of drug-likeness (QED) is 0.229. The van der Waals surface area contributed by atoms with Crippen molar-refractivity contribution in [2.75, 3.05) is 4.90 Å². The molecule has 2 aliphatic rings. The average Bonchev–Trinajstić information content (AvgIpc) is 3.74. The molecule has 1 aliphatic heterocycles. The summed E-state index contributed by atoms with van der Waals surface area (Å²) in [6.45, 7) is 1.40. The van der Waals surface area contributed by atoms with Gasteiger partial charge < -0.3 is 15.0 Å². The van der Waals surface area contributed by atoms with Crippen molar-refractivity contribution in [2.24, 2.45) is 11.7 Å². The smallest absolute Gasteiger partial charge is 0.423 e. The van der Waals surface area contributed by atoms with Crippen molar-refractivity contribution >= 4 is 28.5 Å². The fraction of sp³-hybridized carbons (Fsp3) is 0.250. The fourth-order valence-electron chi connectivity index (χ4n) is 5.75. The zero-order valence-electron chi connectivity index (χ0n) is 24.3. The number of hydrogen-bond donors (Lipinski definition) is 1. The average molecular weight is 632 g/mol. The number of carbonyl (C=O) groups excluding carboxylic acids is 2. The summed E-state index contributed by atoms with van der Waals surface area (Å²) >= 11 is 0. The normalized spacial score (nSPS) is 16.3. The van der Waals surface area contributed by atoms with Crippen molar-refractivity contribution < 1.29 is 31.9 Å². The van der Waals surface area contributed by atoms with Crippen molar-refractivity contribution in [1.82, 2.24) is 24.5 Å². The highest BCUT2D eigenvalue weighted by Gasteiger charge is 2.51. The van der Waals surface area contributed by atoms with Gasteiger partial charge in [-0.2, -0.15) is 8.78 Å². The monoisotopic (exact) mass is 631 g/mol. The number of anilines is 1. The van der Waals surface area contributed by atoms with Crippen LogP contribution in [0.15, 0.2) is 61.2 Å². The minimum Gasteiger partial charge on any atom is -0.423 e. The van der Waals surface area contributed by atoms with Crippen molar-refractivity contribution in [3.05, 3.63) is 95.6 Å². The molecule has 234 valence electrons. The number of aromatic nitrogens is 5. The number of nitrogens with two attached hydrogens (primary N) is 1. The van der Waals surface area contributed by atoms with E-state index in [4.69, 9.17) is 15.5 Å². The van der Waals surface area contributed by atoms with Gasteiger partial charge in [-0.1, -0.05) is 6.07 Å². The lowest BCUT2D eigenvalue weighted by atomic mass is 9.93. The van der Waals surface area contributed by atoms with Crippen LogP contribution in [0.2, 0.25) is 0 Å². The zero-order valence-corrected chi connectivity index (χ0v) is 24.3. The molecular weight excluding hydrogens is 606 g/mol. The zero-order chi connectivity index (χ0) is 32.3. The molecule has 2 amide bonds. The largest absolute Gasteiger partial charge is 0.482 e. The van der Waals surface area contributed by atoms with E-state index >= 15 is 0 Å². The lowest BCUT2D eigenvalue weighted by molar-refractivity contribution is -0.193. The lowest BCUT2D eigenvalue weighted by Crippen LogP contribution is -2.50. The van der Waals surface area contributed by atoms with Gasteiger partial charge in [0.15, 0.2) is 11.6 Å². The maximum Gasteiger partial charge on any atom is 0.482 e. The van der Waals surface area contributed by atoms with Crippen molar-refractivity contribution in [1.29, 1.82) is 0 Å². The molecule has 1 fully saturated rings. The van der Waals surface area contributed by atoms with Gasteiger partial charge in [0.2, 0.25) is 0 Å². The van der Waals surface area contributed by atoms with Gasteiger partial charge in [0.1, 0.15) is 17.3 Å². The van der Waals surface area contributed by atoms with E-state index in [1.54, 1.807) is 24.4 Å². The maximum atomic E-state index is 14.9. The maximum absolute atomic E-state index is 14.9. The number of benzene rings is 1. The Morgan fingerprint density at radius 2 is 1.80 bits per heavy atom. The Morgan fingerprint density at radius 1 is 1.07 bits per heavy atom. The van der Waals surface area contributed by atoms with E-state index < -0.39 is 36.1 Å². The van der Waals surface area contributed by atoms with Crippen LogP contribution in [0.3, 0.4) is 0 Å². The third kappa shape index (κ3) is 5.18. The van der Waals surface area contributed by atoms with E-state index in [2.05, 4.69) is 15.0 Å². The topological polar surface area (TPSA) is 129 Å². The summed E-state index contributed by atoms with van der Waals surface area (Å²) in [5.74, 6) is -3.67. The molecule has 0 spiro atoms. The van der Waals surface area contributed by atoms with Crippen LogP contribution >= 0.6 is 0 Å². The molecule has 1 unspecified atom stereocenters. The number of rotatable bonds is 8. The molecule has 2 N–H and O–H groups in total. The molecule has 7 rings (SSSR count). The summed E-state index contributed by atoms with van der Waals surface area (Å²) in [6, 6.07) is 8.54. The first-order valence-corrected chi connectivity index (χ1v) is 14.4. The van der Waals surface area contributed by atoms with Crippen LogP contribution in [0.5, 0.6) is 5.75 Å². The van der Waals surface area contributed by atoms with Crippen LogP contribution in [0, 0.1) is 17.6 Å². The lowest BCUT2D eigenvalue weighted by Gasteiger charge is -2.33. The minimum absolute atomic E-state index is 0.00491. The van der Waals surface area contributed by atoms with E-state index in [1.807, 2.05) is 11.5 Å². The molecule has 0 saturated heterocycles. The summed E-state index contributed by atoms with van der Waals surface area (Å²) in [7, 11) is 0. The molecule has 46 heavy (non-hydrogen) atoms. The number of carbonyl (C=O) groups is 2. The number of alkyl halides is 2. The van der Waals surface area contributed by atoms with Crippen LogP contribution in [-0.4, -0.2) is 42.4 Å². The first-order chi connectivity index (χ1) is 22.0. The first kappa shape index (κ1) is 29.3. The third-order valence-corrected chi connectivity index (χ3v) is 8.20. The molecule has 5 aromatic rings. The van der Waals surface area contributed by atoms with E-state index in [9.17, 15) is 27.2 Å². The molecule has 0 radical (unpaired) electrons. The fourth-order valence-corrected chi connectivity index (χ4v) is 5.75. The number of amides is 2. The van der Waals surface area contributed by atoms with Crippen LogP contribution in [0.4, 0.5) is 23.2 Å². The summed E-state index contributed by atoms with van der Waals surface area (Å²) in [6.07, 6.45) is 2.80. The van der Waals surface area contributed by atoms with Crippen LogP contribution in [0.1, 0.15) is 53.4 Å². The van der Waals surface area contributed by atoms with E-state index in [0.717, 1.165) is 36.3 Å². The van der Waals surface area contributed by atoms with Crippen LogP contribution in [0.25, 0.3) is 22.2 Å². The second-order valence-electron chi connectivity index (χ2n) is 11.4. The molecule has 1 atom stereocenters. The molecule has 1 aliphatic carbocycles. The predicted octanol–water partition coefficient (Wildman–Crippen LogP) is 5.35. The van der Waals surface area contributed by atoms with Gasteiger partial charge in [-0.3, -0.25) is 19.5 Å². The van der Waals surface area contributed by atoms with Gasteiger partial charge >= 0.3 is 12.0 Å². The Labute approximate surface area is 258 Å². The second-order valence-corrected chi connectivity index (χ2v) is 11.4. The van der Waals surface area contributed by atoms with E-state index in [1.165, 1.54) is 18.2 Å². The van der Waals surface area contributed by atoms with Crippen molar-refractivity contribution in [3.8, 4) is 16.9 Å². The number of primary amides is 1. The Bertz CT molecular complexity index is 2010. The molecule has 14 heteroatoms. The second kappa shape index (κ2) is 10.9. The number of pyridine rings is 2. The highest BCUT2D eigenvalue weighted by Crippen LogP contribution is 2.45. The molecular formula is C32H25F4N7O3. The summed E-state index contributed by atoms with van der Waals surface area (Å²) < 4.78 is 63.6. The number of ether oxygens (including phenoxy) is 1. The number of hydrogen-bond acceptors (Lipinski definition) is 7. The predicted molar refractivity (Wildman–Crippen MR) is 157 cm³/mol. The van der Waals surface area contributed by atoms with Crippen molar-refractivity contribution in [2.45, 2.75) is 44.9 Å². The van der Waals surface area contributed by atoms with Crippen molar-refractivity contribution in [3.63, 3.8) is 0 Å². The molecule has 1 aromatic carbocycles. The number of fused-ring (bicyclic) bond motifs is 2. The van der Waals surface area contributed by atoms with Gasteiger partial charge in [-0.05, 0) is 68.0 Å². The highest BCUT2D eigenvalue weighted by molar-refractivity contribution is 6.09. The van der Waals surface area contributed by atoms with Gasteiger partial charge in [0, 0.05) is 17.1 Å². The van der Waals surface area contributed by atoms with Gasteiger partial charge in [0.05, 0.1) is 53.8 Å². The molecule has 4 aromatic heterocycles. The molecule has 0 bridgehead atoms.